The van der Waals surface area contributed by atoms with Gasteiger partial charge in [0.2, 0.25) is 0 Å². The van der Waals surface area contributed by atoms with Gasteiger partial charge in [-0.2, -0.15) is 0 Å². The smallest absolute Gasteiger partial charge is 0.252 e. The summed E-state index contributed by atoms with van der Waals surface area (Å²) in [5.74, 6) is 0. The fraction of sp³-hybridized carbons (Fsp3) is 0.118. The van der Waals surface area contributed by atoms with Crippen LogP contribution in [0.25, 0.3) is 110 Å². The molecule has 0 bridgehead atoms. The Morgan fingerprint density at radius 2 is 0.903 bits per heavy atom. The van der Waals surface area contributed by atoms with Gasteiger partial charge in [-0.05, 0) is 141 Å². The van der Waals surface area contributed by atoms with Gasteiger partial charge >= 0.3 is 0 Å². The number of nitrogens with zero attached hydrogens (tertiary/aromatic N) is 3. The van der Waals surface area contributed by atoms with Crippen LogP contribution in [0.4, 0.5) is 17.1 Å². The zero-order chi connectivity index (χ0) is 48.1. The number of anilines is 3. The second-order valence-electron chi connectivity index (χ2n) is 22.9. The molecular weight excluding hydrogens is 870 g/mol. The second kappa shape index (κ2) is 13.7. The topological polar surface area (TPSA) is 13.1 Å². The maximum Gasteiger partial charge on any atom is 0.252 e. The lowest BCUT2D eigenvalue weighted by molar-refractivity contribution is 0.590. The summed E-state index contributed by atoms with van der Waals surface area (Å²) < 4.78 is 5.26. The minimum absolute atomic E-state index is 0.0180. The summed E-state index contributed by atoms with van der Waals surface area (Å²) in [5, 5.41) is 13.0. The van der Waals surface area contributed by atoms with Gasteiger partial charge in [0, 0.05) is 44.3 Å². The van der Waals surface area contributed by atoms with Crippen LogP contribution in [0.2, 0.25) is 0 Å². The van der Waals surface area contributed by atoms with E-state index < -0.39 is 0 Å². The molecule has 1 aliphatic carbocycles. The minimum Gasteiger partial charge on any atom is -0.311 e. The highest BCUT2D eigenvalue weighted by atomic mass is 15.2. The fourth-order valence-electron chi connectivity index (χ4n) is 13.6. The molecule has 0 N–H and O–H groups in total. The van der Waals surface area contributed by atoms with E-state index in [1.165, 1.54) is 143 Å². The van der Waals surface area contributed by atoms with Gasteiger partial charge in [-0.1, -0.05) is 187 Å². The lowest BCUT2D eigenvalue weighted by atomic mass is 9.33. The zero-order valence-electron chi connectivity index (χ0n) is 41.4. The average Bonchev–Trinajstić information content (AvgIpc) is 3.90. The van der Waals surface area contributed by atoms with Crippen molar-refractivity contribution in [2.75, 3.05) is 4.90 Å². The Hall–Kier alpha value is -8.34. The van der Waals surface area contributed by atoms with Crippen molar-refractivity contribution in [2.24, 2.45) is 0 Å². The van der Waals surface area contributed by atoms with Crippen molar-refractivity contribution in [3.8, 4) is 33.6 Å². The third-order valence-electron chi connectivity index (χ3n) is 16.9. The zero-order valence-corrected chi connectivity index (χ0v) is 41.4. The van der Waals surface area contributed by atoms with Crippen molar-refractivity contribution in [1.82, 2.24) is 9.13 Å². The van der Waals surface area contributed by atoms with Gasteiger partial charge in [0.25, 0.3) is 6.71 Å². The largest absolute Gasteiger partial charge is 0.311 e. The summed E-state index contributed by atoms with van der Waals surface area (Å²) in [5.41, 5.74) is 22.9. The molecule has 72 heavy (non-hydrogen) atoms. The first kappa shape index (κ1) is 40.4. The van der Waals surface area contributed by atoms with Crippen LogP contribution in [0.15, 0.2) is 194 Å². The van der Waals surface area contributed by atoms with Crippen molar-refractivity contribution in [3.63, 3.8) is 0 Å². The van der Waals surface area contributed by atoms with Crippen LogP contribution in [0.5, 0.6) is 0 Å². The van der Waals surface area contributed by atoms with E-state index in [0.717, 1.165) is 11.4 Å². The third-order valence-corrected chi connectivity index (χ3v) is 16.9. The molecule has 0 amide bonds. The molecule has 16 rings (SSSR count). The van der Waals surface area contributed by atoms with Gasteiger partial charge < -0.3 is 14.0 Å². The van der Waals surface area contributed by atoms with Gasteiger partial charge in [0.1, 0.15) is 0 Å². The lowest BCUT2D eigenvalue weighted by Crippen LogP contribution is -2.60. The summed E-state index contributed by atoms with van der Waals surface area (Å²) in [7, 11) is 0. The van der Waals surface area contributed by atoms with E-state index in [0.29, 0.717) is 0 Å². The Balaban J connectivity index is 1.12. The van der Waals surface area contributed by atoms with Crippen LogP contribution in [0, 0.1) is 0 Å². The summed E-state index contributed by atoms with van der Waals surface area (Å²) in [6.45, 7) is 14.0. The molecule has 0 saturated carbocycles. The molecule has 0 saturated heterocycles. The predicted molar refractivity (Wildman–Crippen MR) is 309 cm³/mol. The molecule has 11 aromatic carbocycles. The van der Waals surface area contributed by atoms with Crippen LogP contribution >= 0.6 is 0 Å². The molecule has 3 nitrogen and oxygen atoms in total. The normalized spacial score (nSPS) is 13.6. The highest BCUT2D eigenvalue weighted by Gasteiger charge is 2.44. The second-order valence-corrected chi connectivity index (χ2v) is 22.9. The first-order chi connectivity index (χ1) is 35.0. The van der Waals surface area contributed by atoms with Crippen molar-refractivity contribution in [2.45, 2.75) is 52.4 Å². The van der Waals surface area contributed by atoms with Crippen LogP contribution in [-0.4, -0.2) is 15.8 Å². The van der Waals surface area contributed by atoms with Crippen molar-refractivity contribution < 1.29 is 0 Å². The SMILES string of the molecule is CC(C)(C)c1ccc(N2c3ccc(C(C)(C)C)cc3B3c4c2cc(-n2c5ccc6ccccc6c5c5c6ccccc6ccc52)cc4-n2c4cccc5c4c4c6c(cccc6cc3c42)-c2ccccc2-5)cc1. The van der Waals surface area contributed by atoms with E-state index in [4.69, 9.17) is 0 Å². The Morgan fingerprint density at radius 3 is 1.57 bits per heavy atom. The number of rotatable bonds is 2. The van der Waals surface area contributed by atoms with Crippen molar-refractivity contribution >= 4 is 116 Å². The maximum atomic E-state index is 2.69. The molecule has 13 aromatic rings. The van der Waals surface area contributed by atoms with E-state index in [-0.39, 0.29) is 17.5 Å². The van der Waals surface area contributed by atoms with Crippen LogP contribution in [-0.2, 0) is 10.8 Å². The number of fused-ring (bicyclic) bond motifs is 15. The standard InChI is InChI=1S/C68H50BN3/c1-67(2,3)42-27-30-44(31-28-42)70-54-34-29-43(68(4,5)6)36-52(54)69-53-35-41-17-13-22-50-48-20-11-12-21-49(48)51-23-14-24-55-63(51)64(60(41)50)66(53)72(55)59-38-45(37-58(70)65(59)69)71-56-32-25-39-15-7-9-18-46(39)61(56)62-47-19-10-8-16-40(47)26-33-57(62)71/h7-38H,1-6H3. The molecule has 0 fully saturated rings. The minimum atomic E-state index is -0.0529. The summed E-state index contributed by atoms with van der Waals surface area (Å²) in [6.07, 6.45) is 0. The van der Waals surface area contributed by atoms with E-state index in [1.807, 2.05) is 0 Å². The fourth-order valence-corrected chi connectivity index (χ4v) is 13.6. The van der Waals surface area contributed by atoms with Crippen LogP contribution in [0.3, 0.4) is 0 Å². The Kier molecular flexibility index (Phi) is 7.71. The number of hydrogen-bond donors (Lipinski definition) is 0. The van der Waals surface area contributed by atoms with E-state index in [2.05, 4.69) is 250 Å². The number of hydrogen-bond acceptors (Lipinski definition) is 1. The quantitative estimate of drug-likeness (QED) is 0.158. The first-order valence-corrected chi connectivity index (χ1v) is 25.7. The molecule has 2 aliphatic heterocycles. The Labute approximate surface area is 419 Å². The van der Waals surface area contributed by atoms with Crippen molar-refractivity contribution in [1.29, 1.82) is 0 Å². The van der Waals surface area contributed by atoms with Crippen molar-refractivity contribution in [3.05, 3.63) is 205 Å². The van der Waals surface area contributed by atoms with E-state index >= 15 is 0 Å². The van der Waals surface area contributed by atoms with Gasteiger partial charge in [-0.3, -0.25) is 0 Å². The van der Waals surface area contributed by atoms with Crippen LogP contribution < -0.4 is 21.3 Å². The molecule has 4 heterocycles. The van der Waals surface area contributed by atoms with E-state index in [9.17, 15) is 0 Å². The maximum absolute atomic E-state index is 2.69. The number of benzene rings is 11. The number of aromatic nitrogens is 2. The molecule has 4 heteroatoms. The molecule has 0 spiro atoms. The Bertz CT molecular complexity index is 4500. The lowest BCUT2D eigenvalue weighted by Gasteiger charge is -2.41. The van der Waals surface area contributed by atoms with Gasteiger partial charge in [0.05, 0.1) is 27.8 Å². The molecule has 0 atom stereocenters. The predicted octanol–water partition coefficient (Wildman–Crippen LogP) is 16.2. The molecule has 0 unspecified atom stereocenters. The van der Waals surface area contributed by atoms with E-state index in [1.54, 1.807) is 0 Å². The molecular formula is C68H50BN3. The van der Waals surface area contributed by atoms with Crippen LogP contribution in [0.1, 0.15) is 52.7 Å². The molecule has 2 aromatic heterocycles. The van der Waals surface area contributed by atoms with Gasteiger partial charge in [-0.25, -0.2) is 0 Å². The highest BCUT2D eigenvalue weighted by Crippen LogP contribution is 2.52. The monoisotopic (exact) mass is 919 g/mol. The highest BCUT2D eigenvalue weighted by molar-refractivity contribution is 7.00. The Morgan fingerprint density at radius 1 is 0.347 bits per heavy atom. The van der Waals surface area contributed by atoms with Gasteiger partial charge in [0.15, 0.2) is 0 Å². The third kappa shape index (κ3) is 5.16. The average molecular weight is 920 g/mol. The first-order valence-electron chi connectivity index (χ1n) is 25.7. The summed E-state index contributed by atoms with van der Waals surface area (Å²) in [4.78, 5) is 2.60. The van der Waals surface area contributed by atoms with Gasteiger partial charge in [-0.15, -0.1) is 0 Å². The summed E-state index contributed by atoms with van der Waals surface area (Å²) >= 11 is 0. The molecule has 340 valence electrons. The summed E-state index contributed by atoms with van der Waals surface area (Å²) in [6, 6.07) is 74.8. The molecule has 0 radical (unpaired) electrons. The molecule has 3 aliphatic rings.